The number of carbonyl (C=O) groups excluding carboxylic acids is 1. The number of aryl methyl sites for hydroxylation is 3. The molecule has 0 saturated heterocycles. The standard InChI is InChI=1S/C29H26N6O2S/c1-19-9-13-23(14-10-19)35-26(18-38-29-30-20(2)17-21(3)31-29)27(33-34-35)28(36)32-22-11-15-25(16-12-22)37-24-7-5-4-6-8-24/h4-17H,18H2,1-3H3,(H,32,36). The third-order valence-electron chi connectivity index (χ3n) is 5.65. The van der Waals surface area contributed by atoms with Gasteiger partial charge in [0.25, 0.3) is 5.91 Å². The van der Waals surface area contributed by atoms with E-state index in [0.717, 1.165) is 28.4 Å². The van der Waals surface area contributed by atoms with Gasteiger partial charge in [-0.25, -0.2) is 14.6 Å². The van der Waals surface area contributed by atoms with Crippen molar-refractivity contribution in [2.45, 2.75) is 31.7 Å². The molecule has 0 saturated carbocycles. The number of nitrogens with one attached hydrogen (secondary N) is 1. The van der Waals surface area contributed by atoms with Crippen LogP contribution in [-0.4, -0.2) is 30.9 Å². The number of rotatable bonds is 8. The van der Waals surface area contributed by atoms with Gasteiger partial charge in [0.05, 0.1) is 11.4 Å². The lowest BCUT2D eigenvalue weighted by Gasteiger charge is -2.10. The Morgan fingerprint density at radius 1 is 0.868 bits per heavy atom. The molecule has 0 bridgehead atoms. The predicted octanol–water partition coefficient (Wildman–Crippen LogP) is 6.32. The molecule has 9 heteroatoms. The van der Waals surface area contributed by atoms with E-state index < -0.39 is 0 Å². The number of aromatic nitrogens is 5. The minimum Gasteiger partial charge on any atom is -0.457 e. The van der Waals surface area contributed by atoms with Gasteiger partial charge in [0.1, 0.15) is 11.5 Å². The van der Waals surface area contributed by atoms with Gasteiger partial charge in [-0.1, -0.05) is 52.9 Å². The Labute approximate surface area is 225 Å². The van der Waals surface area contributed by atoms with Gasteiger partial charge in [0.2, 0.25) is 0 Å². The Morgan fingerprint density at radius 2 is 1.53 bits per heavy atom. The highest BCUT2D eigenvalue weighted by Gasteiger charge is 2.22. The van der Waals surface area contributed by atoms with Gasteiger partial charge in [-0.2, -0.15) is 0 Å². The quantitative estimate of drug-likeness (QED) is 0.188. The van der Waals surface area contributed by atoms with Crippen LogP contribution in [0.15, 0.2) is 90.1 Å². The second-order valence-corrected chi connectivity index (χ2v) is 9.69. The molecule has 0 fully saturated rings. The summed E-state index contributed by atoms with van der Waals surface area (Å²) >= 11 is 1.44. The number of hydrogen-bond acceptors (Lipinski definition) is 7. The summed E-state index contributed by atoms with van der Waals surface area (Å²) in [5, 5.41) is 12.1. The lowest BCUT2D eigenvalue weighted by atomic mass is 10.2. The molecular weight excluding hydrogens is 496 g/mol. The average molecular weight is 523 g/mol. The van der Waals surface area contributed by atoms with Gasteiger partial charge < -0.3 is 10.1 Å². The lowest BCUT2D eigenvalue weighted by molar-refractivity contribution is 0.102. The van der Waals surface area contributed by atoms with Gasteiger partial charge in [0, 0.05) is 22.8 Å². The van der Waals surface area contributed by atoms with Gasteiger partial charge in [-0.3, -0.25) is 4.79 Å². The highest BCUT2D eigenvalue weighted by atomic mass is 32.2. The minimum absolute atomic E-state index is 0.243. The first-order chi connectivity index (χ1) is 18.4. The van der Waals surface area contributed by atoms with E-state index in [4.69, 9.17) is 4.74 Å². The smallest absolute Gasteiger partial charge is 0.278 e. The van der Waals surface area contributed by atoms with Gasteiger partial charge in [-0.15, -0.1) is 5.10 Å². The van der Waals surface area contributed by atoms with Crippen LogP contribution in [0.3, 0.4) is 0 Å². The Balaban J connectivity index is 1.38. The van der Waals surface area contributed by atoms with Gasteiger partial charge >= 0.3 is 0 Å². The number of nitrogens with zero attached hydrogens (tertiary/aromatic N) is 5. The van der Waals surface area contributed by atoms with E-state index in [2.05, 4.69) is 25.6 Å². The summed E-state index contributed by atoms with van der Waals surface area (Å²) in [5.74, 6) is 1.48. The summed E-state index contributed by atoms with van der Waals surface area (Å²) in [6.07, 6.45) is 0. The van der Waals surface area contributed by atoms with E-state index in [9.17, 15) is 4.79 Å². The number of ether oxygens (including phenoxy) is 1. The summed E-state index contributed by atoms with van der Waals surface area (Å²) in [6.45, 7) is 5.89. The summed E-state index contributed by atoms with van der Waals surface area (Å²) in [5.41, 5.74) is 5.25. The van der Waals surface area contributed by atoms with Crippen LogP contribution in [0, 0.1) is 20.8 Å². The van der Waals surface area contributed by atoms with Crippen LogP contribution in [0.2, 0.25) is 0 Å². The second-order valence-electron chi connectivity index (χ2n) is 8.75. The molecule has 190 valence electrons. The highest BCUT2D eigenvalue weighted by molar-refractivity contribution is 7.98. The van der Waals surface area contributed by atoms with Gasteiger partial charge in [-0.05, 0) is 75.4 Å². The zero-order valence-electron chi connectivity index (χ0n) is 21.3. The third kappa shape index (κ3) is 6.07. The van der Waals surface area contributed by atoms with Crippen molar-refractivity contribution in [2.75, 3.05) is 5.32 Å². The first kappa shape index (κ1) is 25.2. The molecule has 5 aromatic rings. The fraction of sp³-hybridized carbons (Fsp3) is 0.138. The summed E-state index contributed by atoms with van der Waals surface area (Å²) in [6, 6.07) is 26.6. The van der Waals surface area contributed by atoms with Crippen LogP contribution < -0.4 is 10.1 Å². The topological polar surface area (TPSA) is 94.8 Å². The largest absolute Gasteiger partial charge is 0.457 e. The molecule has 1 amide bonds. The molecule has 0 radical (unpaired) electrons. The molecular formula is C29H26N6O2S. The van der Waals surface area contributed by atoms with E-state index >= 15 is 0 Å². The Morgan fingerprint density at radius 3 is 2.21 bits per heavy atom. The fourth-order valence-electron chi connectivity index (χ4n) is 3.81. The van der Waals surface area contributed by atoms with Crippen LogP contribution in [0.25, 0.3) is 5.69 Å². The normalized spacial score (nSPS) is 10.8. The molecule has 38 heavy (non-hydrogen) atoms. The van der Waals surface area contributed by atoms with E-state index in [1.807, 2.05) is 81.4 Å². The average Bonchev–Trinajstić information content (AvgIpc) is 3.33. The molecule has 1 N–H and O–H groups in total. The number of benzene rings is 3. The van der Waals surface area contributed by atoms with Crippen molar-refractivity contribution in [1.82, 2.24) is 25.0 Å². The molecule has 5 rings (SSSR count). The van der Waals surface area contributed by atoms with Crippen LogP contribution in [0.5, 0.6) is 11.5 Å². The van der Waals surface area contributed by atoms with E-state index in [1.165, 1.54) is 11.8 Å². The summed E-state index contributed by atoms with van der Waals surface area (Å²) in [4.78, 5) is 22.4. The maximum absolute atomic E-state index is 13.3. The van der Waals surface area contributed by atoms with Crippen molar-refractivity contribution in [2.24, 2.45) is 0 Å². The second kappa shape index (κ2) is 11.3. The molecule has 0 aliphatic rings. The zero-order valence-corrected chi connectivity index (χ0v) is 22.1. The molecule has 3 aromatic carbocycles. The maximum Gasteiger partial charge on any atom is 0.278 e. The van der Waals surface area contributed by atoms with Crippen LogP contribution >= 0.6 is 11.8 Å². The monoisotopic (exact) mass is 522 g/mol. The lowest BCUT2D eigenvalue weighted by Crippen LogP contribution is -2.15. The molecule has 0 atom stereocenters. The molecule has 0 unspecified atom stereocenters. The zero-order chi connectivity index (χ0) is 26.5. The minimum atomic E-state index is -0.350. The fourth-order valence-corrected chi connectivity index (χ4v) is 4.76. The van der Waals surface area contributed by atoms with Crippen LogP contribution in [0.4, 0.5) is 5.69 Å². The summed E-state index contributed by atoms with van der Waals surface area (Å²) < 4.78 is 7.54. The van der Waals surface area contributed by atoms with Crippen molar-refractivity contribution in [3.63, 3.8) is 0 Å². The predicted molar refractivity (Wildman–Crippen MR) is 148 cm³/mol. The molecule has 0 aliphatic carbocycles. The number of thioether (sulfide) groups is 1. The van der Waals surface area contributed by atoms with Crippen molar-refractivity contribution in [1.29, 1.82) is 0 Å². The first-order valence-corrected chi connectivity index (χ1v) is 13.0. The Bertz CT molecular complexity index is 1530. The SMILES string of the molecule is Cc1ccc(-n2nnc(C(=O)Nc3ccc(Oc4ccccc4)cc3)c2CSc2nc(C)cc(C)n2)cc1. The number of para-hydroxylation sites is 1. The third-order valence-corrected chi connectivity index (χ3v) is 6.51. The molecule has 0 spiro atoms. The number of amides is 1. The Hall–Kier alpha value is -4.50. The van der Waals surface area contributed by atoms with Crippen LogP contribution in [-0.2, 0) is 5.75 Å². The van der Waals surface area contributed by atoms with Crippen molar-refractivity contribution >= 4 is 23.4 Å². The maximum atomic E-state index is 13.3. The summed E-state index contributed by atoms with van der Waals surface area (Å²) in [7, 11) is 0. The van der Waals surface area contributed by atoms with E-state index in [-0.39, 0.29) is 11.6 Å². The van der Waals surface area contributed by atoms with Crippen molar-refractivity contribution in [3.8, 4) is 17.2 Å². The molecule has 8 nitrogen and oxygen atoms in total. The van der Waals surface area contributed by atoms with E-state index in [1.54, 1.807) is 28.9 Å². The van der Waals surface area contributed by atoms with Crippen molar-refractivity contribution < 1.29 is 9.53 Å². The van der Waals surface area contributed by atoms with Gasteiger partial charge in [0.15, 0.2) is 10.9 Å². The first-order valence-electron chi connectivity index (χ1n) is 12.1. The Kier molecular flexibility index (Phi) is 7.46. The molecule has 0 aliphatic heterocycles. The van der Waals surface area contributed by atoms with Crippen LogP contribution in [0.1, 0.15) is 33.1 Å². The van der Waals surface area contributed by atoms with E-state index in [0.29, 0.717) is 28.0 Å². The highest BCUT2D eigenvalue weighted by Crippen LogP contribution is 2.26. The molecule has 2 heterocycles. The number of anilines is 1. The van der Waals surface area contributed by atoms with Crippen molar-refractivity contribution in [3.05, 3.63) is 113 Å². The number of hydrogen-bond donors (Lipinski definition) is 1. The molecule has 2 aromatic heterocycles. The number of carbonyl (C=O) groups is 1.